The minimum absolute atomic E-state index is 0.511. The lowest BCUT2D eigenvalue weighted by Gasteiger charge is -2.08. The Labute approximate surface area is 324 Å². The summed E-state index contributed by atoms with van der Waals surface area (Å²) in [6.07, 6.45) is 9.32. The zero-order valence-electron chi connectivity index (χ0n) is 30.3. The fourth-order valence-corrected chi connectivity index (χ4v) is 7.51. The highest BCUT2D eigenvalue weighted by molar-refractivity contribution is 6.11. The number of furan rings is 3. The van der Waals surface area contributed by atoms with Crippen molar-refractivity contribution in [2.45, 2.75) is 0 Å². The number of fused-ring (bicyclic) bond motifs is 9. The molecule has 268 valence electrons. The van der Waals surface area contributed by atoms with Crippen molar-refractivity contribution in [3.63, 3.8) is 0 Å². The van der Waals surface area contributed by atoms with Crippen LogP contribution in [-0.2, 0) is 0 Å². The molecule has 0 N–H and O–H groups in total. The summed E-state index contributed by atoms with van der Waals surface area (Å²) >= 11 is 0. The molecule has 0 saturated heterocycles. The van der Waals surface area contributed by atoms with Gasteiger partial charge in [-0.05, 0) is 48.5 Å². The molecule has 0 aliphatic heterocycles. The Hall–Kier alpha value is -7.97. The molecule has 5 aromatic heterocycles. The van der Waals surface area contributed by atoms with E-state index in [1.165, 1.54) is 0 Å². The molecule has 8 heteroatoms. The molecule has 0 radical (unpaired) electrons. The predicted molar refractivity (Wildman–Crippen MR) is 227 cm³/mol. The zero-order valence-corrected chi connectivity index (χ0v) is 30.3. The van der Waals surface area contributed by atoms with Gasteiger partial charge in [0.15, 0.2) is 28.9 Å². The third-order valence-electron chi connectivity index (χ3n) is 10.2. The number of allylic oxidation sites excluding steroid dienone is 4. The normalized spacial score (nSPS) is 12.1. The number of para-hydroxylation sites is 4. The van der Waals surface area contributed by atoms with Gasteiger partial charge in [0.2, 0.25) is 0 Å². The van der Waals surface area contributed by atoms with Crippen LogP contribution in [0.1, 0.15) is 5.69 Å². The Kier molecular flexibility index (Phi) is 7.46. The zero-order chi connectivity index (χ0) is 37.9. The van der Waals surface area contributed by atoms with Crippen molar-refractivity contribution in [2.75, 3.05) is 0 Å². The van der Waals surface area contributed by atoms with Crippen LogP contribution in [0.15, 0.2) is 178 Å². The maximum Gasteiger partial charge on any atom is 0.179 e. The topological polar surface area (TPSA) is 104 Å². The first kappa shape index (κ1) is 32.5. The van der Waals surface area contributed by atoms with Gasteiger partial charge in [-0.15, -0.1) is 0 Å². The summed E-state index contributed by atoms with van der Waals surface area (Å²) in [5, 5.41) is 4.85. The number of hydrogen-bond donors (Lipinski definition) is 0. The van der Waals surface area contributed by atoms with Crippen LogP contribution in [-0.4, -0.2) is 24.9 Å². The van der Waals surface area contributed by atoms with E-state index >= 15 is 0 Å². The van der Waals surface area contributed by atoms with E-state index in [9.17, 15) is 0 Å². The molecule has 0 amide bonds. The van der Waals surface area contributed by atoms with E-state index in [1.807, 2.05) is 133 Å². The molecule has 6 aromatic carbocycles. The Balaban J connectivity index is 1.08. The van der Waals surface area contributed by atoms with Crippen LogP contribution in [0.4, 0.5) is 0 Å². The van der Waals surface area contributed by atoms with Crippen molar-refractivity contribution in [2.24, 2.45) is 0 Å². The third kappa shape index (κ3) is 5.42. The van der Waals surface area contributed by atoms with Crippen LogP contribution in [0.2, 0.25) is 0 Å². The Morgan fingerprint density at radius 1 is 0.404 bits per heavy atom. The van der Waals surface area contributed by atoms with Gasteiger partial charge in [-0.2, -0.15) is 0 Å². The van der Waals surface area contributed by atoms with Crippen LogP contribution in [0.25, 0.3) is 118 Å². The first-order chi connectivity index (χ1) is 28.2. The van der Waals surface area contributed by atoms with E-state index in [4.69, 9.17) is 38.2 Å². The Morgan fingerprint density at radius 2 is 0.982 bits per heavy atom. The molecule has 0 spiro atoms. The van der Waals surface area contributed by atoms with Gasteiger partial charge in [0.05, 0.1) is 11.1 Å². The average molecular weight is 736 g/mol. The Bertz CT molecular complexity index is 3450. The highest BCUT2D eigenvalue weighted by Crippen LogP contribution is 2.39. The van der Waals surface area contributed by atoms with Gasteiger partial charge in [0, 0.05) is 38.1 Å². The maximum atomic E-state index is 6.73. The number of benzene rings is 6. The molecule has 0 saturated carbocycles. The van der Waals surface area contributed by atoms with Gasteiger partial charge in [0.25, 0.3) is 0 Å². The summed E-state index contributed by atoms with van der Waals surface area (Å²) in [4.78, 5) is 25.2. The molecular weight excluding hydrogens is 707 g/mol. The second kappa shape index (κ2) is 13.1. The van der Waals surface area contributed by atoms with E-state index in [0.29, 0.717) is 45.7 Å². The monoisotopic (exact) mass is 735 g/mol. The second-order valence-electron chi connectivity index (χ2n) is 13.6. The first-order valence-electron chi connectivity index (χ1n) is 18.5. The molecule has 0 unspecified atom stereocenters. The molecule has 0 bridgehead atoms. The molecular formula is C49H29N5O3. The molecule has 0 aliphatic rings. The van der Waals surface area contributed by atoms with Crippen molar-refractivity contribution in [1.29, 1.82) is 0 Å². The van der Waals surface area contributed by atoms with Crippen molar-refractivity contribution in [3.05, 3.63) is 170 Å². The van der Waals surface area contributed by atoms with E-state index in [2.05, 4.69) is 30.8 Å². The minimum Gasteiger partial charge on any atom is -0.455 e. The molecule has 0 aliphatic carbocycles. The lowest BCUT2D eigenvalue weighted by atomic mass is 10.1. The SMILES string of the molecule is C=C/C=C\C=C\c1nc(-c2cccc3c2oc2cc(-c4nc(-c5ccccc5)nc(-c5cccc6c5oc5ccccc56)n4)ccc23)nc2c1oc1ccccc12. The quantitative estimate of drug-likeness (QED) is 0.149. The van der Waals surface area contributed by atoms with E-state index in [1.54, 1.807) is 6.08 Å². The van der Waals surface area contributed by atoms with Crippen molar-refractivity contribution in [1.82, 2.24) is 24.9 Å². The van der Waals surface area contributed by atoms with Gasteiger partial charge in [-0.1, -0.05) is 122 Å². The highest BCUT2D eigenvalue weighted by atomic mass is 16.3. The molecule has 8 nitrogen and oxygen atoms in total. The average Bonchev–Trinajstić information content (AvgIpc) is 3.96. The maximum absolute atomic E-state index is 6.73. The molecule has 57 heavy (non-hydrogen) atoms. The van der Waals surface area contributed by atoms with Crippen molar-refractivity contribution in [3.8, 4) is 45.6 Å². The van der Waals surface area contributed by atoms with Crippen molar-refractivity contribution >= 4 is 72.0 Å². The summed E-state index contributed by atoms with van der Waals surface area (Å²) in [7, 11) is 0. The van der Waals surface area contributed by atoms with E-state index in [-0.39, 0.29) is 0 Å². The number of rotatable bonds is 7. The second-order valence-corrected chi connectivity index (χ2v) is 13.6. The Morgan fingerprint density at radius 3 is 1.74 bits per heavy atom. The summed E-state index contributed by atoms with van der Waals surface area (Å²) in [5.74, 6) is 2.11. The molecule has 5 heterocycles. The number of aromatic nitrogens is 5. The summed E-state index contributed by atoms with van der Waals surface area (Å²) in [6, 6.07) is 44.0. The lowest BCUT2D eigenvalue weighted by molar-refractivity contribution is 0.663. The van der Waals surface area contributed by atoms with Crippen LogP contribution in [0, 0.1) is 0 Å². The van der Waals surface area contributed by atoms with Crippen LogP contribution < -0.4 is 0 Å². The van der Waals surface area contributed by atoms with Crippen LogP contribution in [0.5, 0.6) is 0 Å². The van der Waals surface area contributed by atoms with Crippen LogP contribution >= 0.6 is 0 Å². The molecule has 11 aromatic rings. The summed E-state index contributed by atoms with van der Waals surface area (Å²) in [6.45, 7) is 3.77. The van der Waals surface area contributed by atoms with E-state index < -0.39 is 0 Å². The van der Waals surface area contributed by atoms with Gasteiger partial charge in [0.1, 0.15) is 39.1 Å². The van der Waals surface area contributed by atoms with Gasteiger partial charge < -0.3 is 13.3 Å². The molecule has 0 atom stereocenters. The van der Waals surface area contributed by atoms with Crippen molar-refractivity contribution < 1.29 is 13.3 Å². The number of nitrogens with zero attached hydrogens (tertiary/aromatic N) is 5. The lowest BCUT2D eigenvalue weighted by Crippen LogP contribution is -2.00. The molecule has 0 fully saturated rings. The largest absolute Gasteiger partial charge is 0.455 e. The summed E-state index contributed by atoms with van der Waals surface area (Å²) < 4.78 is 19.4. The smallest absolute Gasteiger partial charge is 0.179 e. The minimum atomic E-state index is 0.511. The first-order valence-corrected chi connectivity index (χ1v) is 18.5. The fourth-order valence-electron chi connectivity index (χ4n) is 7.51. The fraction of sp³-hybridized carbons (Fsp3) is 0. The molecule has 11 rings (SSSR count). The van der Waals surface area contributed by atoms with E-state index in [0.717, 1.165) is 71.5 Å². The third-order valence-corrected chi connectivity index (χ3v) is 10.2. The number of hydrogen-bond acceptors (Lipinski definition) is 8. The predicted octanol–water partition coefficient (Wildman–Crippen LogP) is 12.8. The highest BCUT2D eigenvalue weighted by Gasteiger charge is 2.21. The van der Waals surface area contributed by atoms with Gasteiger partial charge >= 0.3 is 0 Å². The van der Waals surface area contributed by atoms with Gasteiger partial charge in [-0.25, -0.2) is 24.9 Å². The standard InChI is InChI=1S/C49H29N5O3/c1-2-3-4-8-23-38-45-42(35-18-10-12-25-40(35)56-45)51-48(50-38)36-21-14-20-34-32-27-26-30(28-41(32)57-44(34)36)47-52-46(29-15-6-5-7-16-29)53-49(54-47)37-22-13-19-33-31-17-9-11-24-39(31)55-43(33)37/h2-28H,1H2/b4-3-,23-8+. The van der Waals surface area contributed by atoms with Crippen LogP contribution in [0.3, 0.4) is 0 Å². The summed E-state index contributed by atoms with van der Waals surface area (Å²) in [5.41, 5.74) is 8.86. The van der Waals surface area contributed by atoms with Gasteiger partial charge in [-0.3, -0.25) is 0 Å².